The first-order valence-corrected chi connectivity index (χ1v) is 9.89. The Kier molecular flexibility index (Phi) is 6.59. The lowest BCUT2D eigenvalue weighted by atomic mass is 9.81. The van der Waals surface area contributed by atoms with E-state index in [0.29, 0.717) is 12.8 Å². The number of halogens is 1. The summed E-state index contributed by atoms with van der Waals surface area (Å²) in [6, 6.07) is 3.56. The van der Waals surface area contributed by atoms with E-state index in [1.165, 1.54) is 19.1 Å². The second-order valence-electron chi connectivity index (χ2n) is 7.54. The number of carbonyl (C=O) groups excluding carboxylic acids is 5. The maximum Gasteiger partial charge on any atom is 0.308 e. The van der Waals surface area contributed by atoms with Crippen LogP contribution in [0.15, 0.2) is 18.2 Å². The highest BCUT2D eigenvalue weighted by Crippen LogP contribution is 2.37. The predicted octanol–water partition coefficient (Wildman–Crippen LogP) is 2.08. The normalized spacial score (nSPS) is 20.7. The van der Waals surface area contributed by atoms with E-state index in [2.05, 4.69) is 5.32 Å². The number of likely N-dealkylation sites (tertiary alicyclic amines) is 1. The number of ketones is 1. The molecule has 2 atom stereocenters. The number of imide groups is 1. The number of esters is 1. The highest BCUT2D eigenvalue weighted by atomic mass is 19.1. The van der Waals surface area contributed by atoms with Gasteiger partial charge in [-0.3, -0.25) is 28.9 Å². The third kappa shape index (κ3) is 4.72. The fraction of sp³-hybridized carbons (Fsp3) is 0.476. The largest absolute Gasteiger partial charge is 0.457 e. The van der Waals surface area contributed by atoms with E-state index in [-0.39, 0.29) is 53.8 Å². The van der Waals surface area contributed by atoms with Gasteiger partial charge < -0.3 is 10.1 Å². The van der Waals surface area contributed by atoms with Crippen LogP contribution in [0.1, 0.15) is 49.4 Å². The van der Waals surface area contributed by atoms with Gasteiger partial charge in [0.2, 0.25) is 23.5 Å². The smallest absolute Gasteiger partial charge is 0.308 e. The number of rotatable bonds is 7. The molecule has 2 fully saturated rings. The van der Waals surface area contributed by atoms with Gasteiger partial charge in [-0.05, 0) is 31.0 Å². The highest BCUT2D eigenvalue weighted by Gasteiger charge is 2.47. The predicted molar refractivity (Wildman–Crippen MR) is 103 cm³/mol. The van der Waals surface area contributed by atoms with Gasteiger partial charge in [0.15, 0.2) is 6.61 Å². The zero-order valence-electron chi connectivity index (χ0n) is 16.6. The summed E-state index contributed by atoms with van der Waals surface area (Å²) in [4.78, 5) is 60.9. The first-order valence-electron chi connectivity index (χ1n) is 9.89. The Morgan fingerprint density at radius 2 is 1.77 bits per heavy atom. The van der Waals surface area contributed by atoms with Crippen molar-refractivity contribution in [2.45, 2.75) is 39.0 Å². The molecule has 0 radical (unpaired) electrons. The topological polar surface area (TPSA) is 110 Å². The molecule has 9 heteroatoms. The number of benzene rings is 1. The average molecular weight is 418 g/mol. The summed E-state index contributed by atoms with van der Waals surface area (Å²) in [6.07, 6.45) is 2.99. The molecular formula is C21H23FN2O6. The van der Waals surface area contributed by atoms with Gasteiger partial charge in [-0.2, -0.15) is 0 Å². The molecule has 1 N–H and O–H groups in total. The van der Waals surface area contributed by atoms with Crippen molar-refractivity contribution < 1.29 is 33.1 Å². The van der Waals surface area contributed by atoms with Crippen LogP contribution in [0.5, 0.6) is 0 Å². The lowest BCUT2D eigenvalue weighted by Gasteiger charge is -2.19. The van der Waals surface area contributed by atoms with Crippen molar-refractivity contribution in [3.63, 3.8) is 0 Å². The number of amides is 3. The molecule has 2 aliphatic rings. The molecule has 1 saturated heterocycles. The molecule has 1 aliphatic heterocycles. The van der Waals surface area contributed by atoms with Crippen molar-refractivity contribution >= 4 is 35.2 Å². The lowest BCUT2D eigenvalue weighted by molar-refractivity contribution is -0.145. The Hall–Kier alpha value is -3.10. The van der Waals surface area contributed by atoms with Crippen molar-refractivity contribution in [1.82, 2.24) is 4.90 Å². The zero-order chi connectivity index (χ0) is 21.8. The van der Waals surface area contributed by atoms with E-state index in [9.17, 15) is 28.4 Å². The summed E-state index contributed by atoms with van der Waals surface area (Å²) in [5.41, 5.74) is -0.0695. The molecule has 3 amide bonds. The van der Waals surface area contributed by atoms with Crippen LogP contribution in [0.2, 0.25) is 0 Å². The van der Waals surface area contributed by atoms with Crippen molar-refractivity contribution in [1.29, 1.82) is 0 Å². The van der Waals surface area contributed by atoms with Crippen LogP contribution in [0.3, 0.4) is 0 Å². The zero-order valence-corrected chi connectivity index (χ0v) is 16.6. The van der Waals surface area contributed by atoms with Crippen LogP contribution in [0.4, 0.5) is 10.1 Å². The monoisotopic (exact) mass is 418 g/mol. The molecule has 8 nitrogen and oxygen atoms in total. The Bertz CT molecular complexity index is 875. The van der Waals surface area contributed by atoms with Crippen LogP contribution >= 0.6 is 0 Å². The second-order valence-corrected chi connectivity index (χ2v) is 7.54. The van der Waals surface area contributed by atoms with E-state index in [0.717, 1.165) is 23.8 Å². The van der Waals surface area contributed by atoms with Crippen LogP contribution in [-0.4, -0.2) is 47.5 Å². The third-order valence-electron chi connectivity index (χ3n) is 5.43. The summed E-state index contributed by atoms with van der Waals surface area (Å²) in [6.45, 7) is 0.521. The molecule has 1 aliphatic carbocycles. The molecule has 160 valence electrons. The van der Waals surface area contributed by atoms with E-state index < -0.39 is 24.2 Å². The van der Waals surface area contributed by atoms with E-state index in [1.54, 1.807) is 0 Å². The minimum absolute atomic E-state index is 0.0858. The number of hydrogen-bond acceptors (Lipinski definition) is 6. The molecule has 0 spiro atoms. The van der Waals surface area contributed by atoms with Gasteiger partial charge >= 0.3 is 5.97 Å². The van der Waals surface area contributed by atoms with Crippen LogP contribution < -0.4 is 5.32 Å². The molecule has 3 rings (SSSR count). The van der Waals surface area contributed by atoms with Crippen molar-refractivity contribution in [3.8, 4) is 0 Å². The standard InChI is InChI=1S/C21H23FN2O6/c1-12(25)23-13-6-7-16(17(22)10-13)18(26)11-30-19(27)8-9-24-20(28)14-4-2-3-5-15(14)21(24)29/h6-7,10,14-15H,2-5,8-9,11H2,1H3,(H,23,25)/t14-,15-/m0/s1. The van der Waals surface area contributed by atoms with Gasteiger partial charge in [0.05, 0.1) is 23.8 Å². The van der Waals surface area contributed by atoms with Crippen LogP contribution in [-0.2, 0) is 23.9 Å². The van der Waals surface area contributed by atoms with E-state index in [4.69, 9.17) is 4.74 Å². The highest BCUT2D eigenvalue weighted by molar-refractivity contribution is 6.05. The molecule has 0 unspecified atom stereocenters. The van der Waals surface area contributed by atoms with Gasteiger partial charge in [-0.1, -0.05) is 12.8 Å². The molecule has 30 heavy (non-hydrogen) atoms. The molecular weight excluding hydrogens is 395 g/mol. The number of Topliss-reactive ketones (excluding diaryl/α,β-unsaturated/α-hetero) is 1. The number of nitrogens with one attached hydrogen (secondary N) is 1. The molecule has 1 heterocycles. The quantitative estimate of drug-likeness (QED) is 0.412. The van der Waals surface area contributed by atoms with E-state index in [1.807, 2.05) is 0 Å². The second kappa shape index (κ2) is 9.15. The Morgan fingerprint density at radius 1 is 1.13 bits per heavy atom. The van der Waals surface area contributed by atoms with Crippen LogP contribution in [0.25, 0.3) is 0 Å². The fourth-order valence-electron chi connectivity index (χ4n) is 3.97. The number of nitrogens with zero attached hydrogens (tertiary/aromatic N) is 1. The first-order chi connectivity index (χ1) is 14.3. The summed E-state index contributed by atoms with van der Waals surface area (Å²) < 4.78 is 18.9. The van der Waals surface area contributed by atoms with Crippen molar-refractivity contribution in [2.24, 2.45) is 11.8 Å². The number of fused-ring (bicyclic) bond motifs is 1. The summed E-state index contributed by atoms with van der Waals surface area (Å²) in [5.74, 6) is -3.78. The third-order valence-corrected chi connectivity index (χ3v) is 5.43. The molecule has 0 bridgehead atoms. The van der Waals surface area contributed by atoms with Gasteiger partial charge in [-0.15, -0.1) is 0 Å². The van der Waals surface area contributed by atoms with Gasteiger partial charge in [0.25, 0.3) is 0 Å². The molecule has 1 saturated carbocycles. The summed E-state index contributed by atoms with van der Waals surface area (Å²) in [7, 11) is 0. The van der Waals surface area contributed by atoms with Crippen LogP contribution in [0, 0.1) is 17.7 Å². The SMILES string of the molecule is CC(=O)Nc1ccc(C(=O)COC(=O)CCN2C(=O)[C@H]3CCCC[C@@H]3C2=O)c(F)c1. The molecule has 0 aromatic heterocycles. The molecule has 1 aromatic carbocycles. The van der Waals surface area contributed by atoms with Crippen molar-refractivity contribution in [3.05, 3.63) is 29.6 Å². The fourth-order valence-corrected chi connectivity index (χ4v) is 3.97. The van der Waals surface area contributed by atoms with Gasteiger partial charge in [0.1, 0.15) is 5.82 Å². The average Bonchev–Trinajstić information content (AvgIpc) is 2.94. The maximum absolute atomic E-state index is 14.1. The number of hydrogen-bond donors (Lipinski definition) is 1. The molecule has 1 aromatic rings. The Balaban J connectivity index is 1.49. The lowest BCUT2D eigenvalue weighted by Crippen LogP contribution is -2.33. The Morgan fingerprint density at radius 3 is 2.33 bits per heavy atom. The minimum Gasteiger partial charge on any atom is -0.457 e. The number of ether oxygens (including phenoxy) is 1. The number of anilines is 1. The number of carbonyl (C=O) groups is 5. The van der Waals surface area contributed by atoms with E-state index >= 15 is 0 Å². The summed E-state index contributed by atoms with van der Waals surface area (Å²) >= 11 is 0. The summed E-state index contributed by atoms with van der Waals surface area (Å²) in [5, 5.41) is 2.40. The Labute approximate surface area is 172 Å². The van der Waals surface area contributed by atoms with Gasteiger partial charge in [-0.25, -0.2) is 4.39 Å². The maximum atomic E-state index is 14.1. The minimum atomic E-state index is -0.849. The van der Waals surface area contributed by atoms with Crippen molar-refractivity contribution in [2.75, 3.05) is 18.5 Å². The first kappa shape index (κ1) is 21.6. The van der Waals surface area contributed by atoms with Gasteiger partial charge in [0, 0.05) is 19.2 Å².